The lowest BCUT2D eigenvalue weighted by molar-refractivity contribution is -0.139. The second kappa shape index (κ2) is 8.80. The van der Waals surface area contributed by atoms with Crippen molar-refractivity contribution in [3.63, 3.8) is 0 Å². The van der Waals surface area contributed by atoms with Crippen LogP contribution in [0.15, 0.2) is 48.5 Å². The Hall–Kier alpha value is -3.15. The monoisotopic (exact) mass is 355 g/mol. The van der Waals surface area contributed by atoms with Crippen LogP contribution in [-0.4, -0.2) is 28.1 Å². The molecule has 0 aliphatic heterocycles. The van der Waals surface area contributed by atoms with Crippen molar-refractivity contribution >= 4 is 17.8 Å². The average molecular weight is 355 g/mol. The van der Waals surface area contributed by atoms with Crippen molar-refractivity contribution in [2.24, 2.45) is 0 Å². The van der Waals surface area contributed by atoms with Crippen molar-refractivity contribution in [2.75, 3.05) is 0 Å². The van der Waals surface area contributed by atoms with Crippen molar-refractivity contribution < 1.29 is 24.6 Å². The number of carbonyl (C=O) groups is 3. The number of hydrogen-bond acceptors (Lipinski definition) is 3. The number of nitrogens with one attached hydrogen (secondary N) is 1. The summed E-state index contributed by atoms with van der Waals surface area (Å²) in [5.41, 5.74) is 2.48. The molecule has 0 spiro atoms. The molecule has 1 amide bonds. The van der Waals surface area contributed by atoms with Gasteiger partial charge in [0.1, 0.15) is 0 Å². The number of benzene rings is 2. The van der Waals surface area contributed by atoms with Crippen molar-refractivity contribution in [1.82, 2.24) is 5.32 Å². The summed E-state index contributed by atoms with van der Waals surface area (Å²) in [5, 5.41) is 21.0. The Balaban J connectivity index is 2.29. The van der Waals surface area contributed by atoms with Crippen LogP contribution in [-0.2, 0) is 16.0 Å². The van der Waals surface area contributed by atoms with Crippen LogP contribution in [0.5, 0.6) is 0 Å². The molecule has 26 heavy (non-hydrogen) atoms. The zero-order valence-electron chi connectivity index (χ0n) is 14.4. The summed E-state index contributed by atoms with van der Waals surface area (Å²) in [5.74, 6) is -2.54. The first kappa shape index (κ1) is 19.2. The van der Waals surface area contributed by atoms with Crippen molar-refractivity contribution in [3.05, 3.63) is 70.8 Å². The van der Waals surface area contributed by atoms with Gasteiger partial charge >= 0.3 is 11.9 Å². The van der Waals surface area contributed by atoms with E-state index in [1.807, 2.05) is 13.0 Å². The molecule has 3 N–H and O–H groups in total. The van der Waals surface area contributed by atoms with E-state index in [9.17, 15) is 19.5 Å². The highest BCUT2D eigenvalue weighted by Gasteiger charge is 2.25. The lowest BCUT2D eigenvalue weighted by Gasteiger charge is -2.20. The van der Waals surface area contributed by atoms with E-state index in [-0.39, 0.29) is 6.42 Å². The Morgan fingerprint density at radius 2 is 1.69 bits per heavy atom. The maximum absolute atomic E-state index is 12.4. The Kier molecular flexibility index (Phi) is 6.49. The van der Waals surface area contributed by atoms with Gasteiger partial charge in [0.15, 0.2) is 6.04 Å². The molecule has 0 bridgehead atoms. The molecule has 0 saturated carbocycles. The molecule has 136 valence electrons. The second-order valence-electron chi connectivity index (χ2n) is 6.00. The van der Waals surface area contributed by atoms with E-state index < -0.39 is 23.9 Å². The first-order chi connectivity index (χ1) is 12.4. The minimum atomic E-state index is -1.21. The van der Waals surface area contributed by atoms with Crippen LogP contribution in [0.1, 0.15) is 45.9 Å². The second-order valence-corrected chi connectivity index (χ2v) is 6.00. The highest BCUT2D eigenvalue weighted by molar-refractivity contribution is 5.96. The largest absolute Gasteiger partial charge is 0.481 e. The Bertz CT molecular complexity index is 801. The van der Waals surface area contributed by atoms with Crippen molar-refractivity contribution in [1.29, 1.82) is 0 Å². The Morgan fingerprint density at radius 3 is 2.31 bits per heavy atom. The molecule has 0 radical (unpaired) electrons. The van der Waals surface area contributed by atoms with Gasteiger partial charge in [-0.3, -0.25) is 9.59 Å². The lowest BCUT2D eigenvalue weighted by atomic mass is 9.92. The highest BCUT2D eigenvalue weighted by atomic mass is 16.4. The van der Waals surface area contributed by atoms with Gasteiger partial charge in [-0.2, -0.15) is 0 Å². The molecule has 1 atom stereocenters. The summed E-state index contributed by atoms with van der Waals surface area (Å²) in [6, 6.07) is 12.4. The summed E-state index contributed by atoms with van der Waals surface area (Å²) in [6.45, 7) is 1.84. The molecule has 0 saturated heterocycles. The van der Waals surface area contributed by atoms with Gasteiger partial charge in [0, 0.05) is 12.0 Å². The number of amides is 1. The van der Waals surface area contributed by atoms with Gasteiger partial charge in [-0.25, -0.2) is 4.79 Å². The van der Waals surface area contributed by atoms with Crippen LogP contribution in [0.25, 0.3) is 0 Å². The molecule has 0 aromatic heterocycles. The molecule has 1 unspecified atom stereocenters. The molecule has 0 heterocycles. The zero-order valence-corrected chi connectivity index (χ0v) is 14.4. The van der Waals surface area contributed by atoms with Gasteiger partial charge in [-0.05, 0) is 48.6 Å². The van der Waals surface area contributed by atoms with Gasteiger partial charge in [0.25, 0.3) is 5.91 Å². The van der Waals surface area contributed by atoms with Crippen molar-refractivity contribution in [2.45, 2.75) is 32.2 Å². The van der Waals surface area contributed by atoms with Crippen LogP contribution < -0.4 is 5.32 Å². The topological polar surface area (TPSA) is 104 Å². The number of aryl methyl sites for hydroxylation is 1. The van der Waals surface area contributed by atoms with Crippen LogP contribution in [0.4, 0.5) is 0 Å². The fraction of sp³-hybridized carbons (Fsp3) is 0.250. The summed E-state index contributed by atoms with van der Waals surface area (Å²) in [6.07, 6.45) is 0.827. The van der Waals surface area contributed by atoms with E-state index in [0.717, 1.165) is 11.1 Å². The molecule has 0 fully saturated rings. The zero-order chi connectivity index (χ0) is 19.1. The number of carboxylic acid groups (broad SMARTS) is 2. The quantitative estimate of drug-likeness (QED) is 0.675. The van der Waals surface area contributed by atoms with Gasteiger partial charge in [0.2, 0.25) is 0 Å². The Morgan fingerprint density at radius 1 is 1.00 bits per heavy atom. The van der Waals surface area contributed by atoms with Gasteiger partial charge in [-0.1, -0.05) is 36.4 Å². The van der Waals surface area contributed by atoms with Crippen LogP contribution in [0, 0.1) is 6.92 Å². The molecule has 6 heteroatoms. The predicted molar refractivity (Wildman–Crippen MR) is 96.0 cm³/mol. The third kappa shape index (κ3) is 4.92. The van der Waals surface area contributed by atoms with E-state index in [2.05, 4.69) is 5.32 Å². The van der Waals surface area contributed by atoms with Crippen LogP contribution >= 0.6 is 0 Å². The summed E-state index contributed by atoms with van der Waals surface area (Å²) < 4.78 is 0. The third-order valence-corrected chi connectivity index (χ3v) is 4.13. The van der Waals surface area contributed by atoms with Crippen molar-refractivity contribution in [3.8, 4) is 0 Å². The first-order valence-electron chi connectivity index (χ1n) is 8.29. The van der Waals surface area contributed by atoms with E-state index in [0.29, 0.717) is 24.0 Å². The molecule has 2 aromatic carbocycles. The van der Waals surface area contributed by atoms with E-state index >= 15 is 0 Å². The van der Waals surface area contributed by atoms with Gasteiger partial charge in [0.05, 0.1) is 0 Å². The minimum absolute atomic E-state index is 0.00187. The fourth-order valence-corrected chi connectivity index (χ4v) is 2.83. The molecule has 2 aromatic rings. The number of hydrogen-bond donors (Lipinski definition) is 3. The summed E-state index contributed by atoms with van der Waals surface area (Å²) >= 11 is 0. The SMILES string of the molecule is Cc1cccc(C(NC(=O)c2ccccc2)C(=O)O)c1CCCC(=O)O. The average Bonchev–Trinajstić information content (AvgIpc) is 2.61. The van der Waals surface area contributed by atoms with E-state index in [1.165, 1.54) is 0 Å². The maximum atomic E-state index is 12.4. The fourth-order valence-electron chi connectivity index (χ4n) is 2.83. The van der Waals surface area contributed by atoms with E-state index in [4.69, 9.17) is 5.11 Å². The Labute approximate surface area is 151 Å². The van der Waals surface area contributed by atoms with Crippen LogP contribution in [0.3, 0.4) is 0 Å². The molecule has 0 aliphatic carbocycles. The summed E-state index contributed by atoms with van der Waals surface area (Å²) in [7, 11) is 0. The number of rotatable bonds is 8. The van der Waals surface area contributed by atoms with E-state index in [1.54, 1.807) is 42.5 Å². The smallest absolute Gasteiger partial charge is 0.330 e. The lowest BCUT2D eigenvalue weighted by Crippen LogP contribution is -2.34. The van der Waals surface area contributed by atoms with Gasteiger partial charge in [-0.15, -0.1) is 0 Å². The number of carbonyl (C=O) groups excluding carboxylic acids is 1. The third-order valence-electron chi connectivity index (χ3n) is 4.13. The van der Waals surface area contributed by atoms with Crippen LogP contribution in [0.2, 0.25) is 0 Å². The summed E-state index contributed by atoms with van der Waals surface area (Å²) in [4.78, 5) is 34.9. The minimum Gasteiger partial charge on any atom is -0.481 e. The number of carboxylic acids is 2. The normalized spacial score (nSPS) is 11.6. The maximum Gasteiger partial charge on any atom is 0.330 e. The molecule has 6 nitrogen and oxygen atoms in total. The number of aliphatic carboxylic acids is 2. The predicted octanol–water partition coefficient (Wildman–Crippen LogP) is 2.96. The molecular weight excluding hydrogens is 334 g/mol. The molecule has 0 aliphatic rings. The molecular formula is C20H21NO5. The molecule has 2 rings (SSSR count). The standard InChI is InChI=1S/C20H21NO5/c1-13-7-5-11-16(15(13)10-6-12-17(22)23)18(20(25)26)21-19(24)14-8-3-2-4-9-14/h2-5,7-9,11,18H,6,10,12H2,1H3,(H,21,24)(H,22,23)(H,25,26). The first-order valence-corrected chi connectivity index (χ1v) is 8.29. The highest BCUT2D eigenvalue weighted by Crippen LogP contribution is 2.24. The van der Waals surface area contributed by atoms with Gasteiger partial charge < -0.3 is 15.5 Å².